The molecule has 1 aromatic heterocycles. The lowest BCUT2D eigenvalue weighted by atomic mass is 10.1. The van der Waals surface area contributed by atoms with E-state index in [1.807, 2.05) is 0 Å². The molecule has 1 heterocycles. The highest BCUT2D eigenvalue weighted by Gasteiger charge is 2.06. The molecule has 0 amide bonds. The van der Waals surface area contributed by atoms with Gasteiger partial charge in [-0.05, 0) is 30.3 Å². The smallest absolute Gasteiger partial charge is 0.124 e. The molecule has 2 aromatic rings. The van der Waals surface area contributed by atoms with E-state index in [0.29, 0.717) is 21.3 Å². The molecule has 2 rings (SSSR count). The topological polar surface area (TPSA) is 12.9 Å². The van der Waals surface area contributed by atoms with Crippen LogP contribution >= 0.6 is 23.2 Å². The van der Waals surface area contributed by atoms with Crippen LogP contribution in [0.3, 0.4) is 0 Å². The Balaban J connectivity index is 2.54. The molecule has 0 aliphatic heterocycles. The Morgan fingerprint density at radius 3 is 2.53 bits per heavy atom. The summed E-state index contributed by atoms with van der Waals surface area (Å²) in [6.07, 6.45) is 1.58. The lowest BCUT2D eigenvalue weighted by molar-refractivity contribution is 0.628. The first kappa shape index (κ1) is 10.4. The molecule has 0 N–H and O–H groups in total. The summed E-state index contributed by atoms with van der Waals surface area (Å²) in [5, 5.41) is 0.894. The van der Waals surface area contributed by atoms with Crippen LogP contribution in [0.1, 0.15) is 0 Å². The Hall–Kier alpha value is -1.12. The molecule has 4 heteroatoms. The number of rotatable bonds is 1. The summed E-state index contributed by atoms with van der Waals surface area (Å²) in [4.78, 5) is 4.11. The SMILES string of the molecule is Fc1ccc(-c2cc(Cl)ccn2)c(Cl)c1. The van der Waals surface area contributed by atoms with Gasteiger partial charge in [0.1, 0.15) is 5.82 Å². The number of benzene rings is 1. The van der Waals surface area contributed by atoms with Crippen molar-refractivity contribution < 1.29 is 4.39 Å². The van der Waals surface area contributed by atoms with Crippen LogP contribution in [-0.2, 0) is 0 Å². The van der Waals surface area contributed by atoms with Gasteiger partial charge in [0.15, 0.2) is 0 Å². The van der Waals surface area contributed by atoms with Gasteiger partial charge in [-0.3, -0.25) is 4.98 Å². The Labute approximate surface area is 96.5 Å². The molecule has 0 saturated carbocycles. The average Bonchev–Trinajstić information content (AvgIpc) is 2.17. The lowest BCUT2D eigenvalue weighted by Gasteiger charge is -2.03. The van der Waals surface area contributed by atoms with Gasteiger partial charge in [-0.2, -0.15) is 0 Å². The summed E-state index contributed by atoms with van der Waals surface area (Å²) in [6.45, 7) is 0. The lowest BCUT2D eigenvalue weighted by Crippen LogP contribution is -1.85. The first-order valence-corrected chi connectivity index (χ1v) is 4.99. The predicted molar refractivity (Wildman–Crippen MR) is 59.7 cm³/mol. The van der Waals surface area contributed by atoms with Gasteiger partial charge in [0.25, 0.3) is 0 Å². The molecule has 0 radical (unpaired) electrons. The molecular weight excluding hydrogens is 236 g/mol. The molecule has 0 atom stereocenters. The van der Waals surface area contributed by atoms with Crippen LogP contribution in [0.5, 0.6) is 0 Å². The number of hydrogen-bond acceptors (Lipinski definition) is 1. The third kappa shape index (κ3) is 2.28. The minimum Gasteiger partial charge on any atom is -0.256 e. The molecule has 0 unspecified atom stereocenters. The van der Waals surface area contributed by atoms with Crippen LogP contribution in [0.2, 0.25) is 10.0 Å². The summed E-state index contributed by atoms with van der Waals surface area (Å²) >= 11 is 11.7. The quantitative estimate of drug-likeness (QED) is 0.730. The maximum absolute atomic E-state index is 12.8. The summed E-state index contributed by atoms with van der Waals surface area (Å²) in [5.41, 5.74) is 1.30. The van der Waals surface area contributed by atoms with Gasteiger partial charge in [0, 0.05) is 16.8 Å². The van der Waals surface area contributed by atoms with E-state index in [9.17, 15) is 4.39 Å². The summed E-state index contributed by atoms with van der Waals surface area (Å²) in [7, 11) is 0. The average molecular weight is 242 g/mol. The molecule has 0 bridgehead atoms. The van der Waals surface area contributed by atoms with Crippen LogP contribution < -0.4 is 0 Å². The van der Waals surface area contributed by atoms with E-state index in [2.05, 4.69) is 4.98 Å². The monoisotopic (exact) mass is 241 g/mol. The van der Waals surface area contributed by atoms with E-state index in [-0.39, 0.29) is 5.82 Å². The molecule has 15 heavy (non-hydrogen) atoms. The number of nitrogens with zero attached hydrogens (tertiary/aromatic N) is 1. The molecular formula is C11H6Cl2FN. The standard InChI is InChI=1S/C11H6Cl2FN/c12-7-3-4-15-11(5-7)9-2-1-8(14)6-10(9)13/h1-6H. The third-order valence-corrected chi connectivity index (χ3v) is 2.48. The minimum atomic E-state index is -0.370. The van der Waals surface area contributed by atoms with Crippen LogP contribution in [0.4, 0.5) is 4.39 Å². The molecule has 0 aliphatic carbocycles. The van der Waals surface area contributed by atoms with Crippen molar-refractivity contribution in [1.82, 2.24) is 4.98 Å². The zero-order valence-electron chi connectivity index (χ0n) is 7.55. The fourth-order valence-corrected chi connectivity index (χ4v) is 1.67. The fraction of sp³-hybridized carbons (Fsp3) is 0. The van der Waals surface area contributed by atoms with Crippen molar-refractivity contribution in [3.8, 4) is 11.3 Å². The van der Waals surface area contributed by atoms with Crippen molar-refractivity contribution in [2.24, 2.45) is 0 Å². The van der Waals surface area contributed by atoms with Crippen molar-refractivity contribution in [2.75, 3.05) is 0 Å². The van der Waals surface area contributed by atoms with Crippen molar-refractivity contribution in [2.45, 2.75) is 0 Å². The minimum absolute atomic E-state index is 0.324. The van der Waals surface area contributed by atoms with Gasteiger partial charge >= 0.3 is 0 Å². The maximum atomic E-state index is 12.8. The van der Waals surface area contributed by atoms with Crippen LogP contribution in [-0.4, -0.2) is 4.98 Å². The van der Waals surface area contributed by atoms with E-state index >= 15 is 0 Å². The van der Waals surface area contributed by atoms with Crippen molar-refractivity contribution >= 4 is 23.2 Å². The first-order chi connectivity index (χ1) is 7.16. The number of hydrogen-bond donors (Lipinski definition) is 0. The third-order valence-electron chi connectivity index (χ3n) is 1.93. The summed E-state index contributed by atoms with van der Waals surface area (Å²) < 4.78 is 12.8. The maximum Gasteiger partial charge on any atom is 0.124 e. The van der Waals surface area contributed by atoms with E-state index in [0.717, 1.165) is 0 Å². The van der Waals surface area contributed by atoms with Crippen LogP contribution in [0.25, 0.3) is 11.3 Å². The van der Waals surface area contributed by atoms with Gasteiger partial charge < -0.3 is 0 Å². The number of pyridine rings is 1. The van der Waals surface area contributed by atoms with Gasteiger partial charge in [-0.1, -0.05) is 23.2 Å². The zero-order chi connectivity index (χ0) is 10.8. The van der Waals surface area contributed by atoms with E-state index in [1.54, 1.807) is 24.4 Å². The number of halogens is 3. The summed E-state index contributed by atoms with van der Waals surface area (Å²) in [6, 6.07) is 7.52. The normalized spacial score (nSPS) is 10.3. The van der Waals surface area contributed by atoms with Gasteiger partial charge in [-0.15, -0.1) is 0 Å². The van der Waals surface area contributed by atoms with Crippen LogP contribution in [0.15, 0.2) is 36.5 Å². The Bertz CT molecular complexity index is 500. The Kier molecular flexibility index (Phi) is 2.89. The van der Waals surface area contributed by atoms with Crippen LogP contribution in [0, 0.1) is 5.82 Å². The Morgan fingerprint density at radius 2 is 1.87 bits per heavy atom. The number of aromatic nitrogens is 1. The first-order valence-electron chi connectivity index (χ1n) is 4.24. The molecule has 1 aromatic carbocycles. The second kappa shape index (κ2) is 4.17. The van der Waals surface area contributed by atoms with Crippen molar-refractivity contribution in [3.05, 3.63) is 52.4 Å². The molecule has 0 saturated heterocycles. The van der Waals surface area contributed by atoms with Gasteiger partial charge in [-0.25, -0.2) is 4.39 Å². The molecule has 0 fully saturated rings. The van der Waals surface area contributed by atoms with E-state index in [1.165, 1.54) is 12.1 Å². The second-order valence-corrected chi connectivity index (χ2v) is 3.83. The molecule has 1 nitrogen and oxygen atoms in total. The Morgan fingerprint density at radius 1 is 1.07 bits per heavy atom. The van der Waals surface area contributed by atoms with Crippen molar-refractivity contribution in [1.29, 1.82) is 0 Å². The van der Waals surface area contributed by atoms with Gasteiger partial charge in [0.05, 0.1) is 10.7 Å². The zero-order valence-corrected chi connectivity index (χ0v) is 9.06. The highest BCUT2D eigenvalue weighted by atomic mass is 35.5. The van der Waals surface area contributed by atoms with E-state index in [4.69, 9.17) is 23.2 Å². The second-order valence-electron chi connectivity index (χ2n) is 2.98. The summed E-state index contributed by atoms with van der Waals surface area (Å²) in [5.74, 6) is -0.370. The molecule has 0 aliphatic rings. The highest BCUT2D eigenvalue weighted by Crippen LogP contribution is 2.28. The van der Waals surface area contributed by atoms with E-state index < -0.39 is 0 Å². The fourth-order valence-electron chi connectivity index (χ4n) is 1.25. The van der Waals surface area contributed by atoms with Gasteiger partial charge in [0.2, 0.25) is 0 Å². The largest absolute Gasteiger partial charge is 0.256 e. The predicted octanol–water partition coefficient (Wildman–Crippen LogP) is 4.19. The highest BCUT2D eigenvalue weighted by molar-refractivity contribution is 6.33. The van der Waals surface area contributed by atoms with Crippen molar-refractivity contribution in [3.63, 3.8) is 0 Å². The molecule has 0 spiro atoms. The molecule has 76 valence electrons.